The Morgan fingerprint density at radius 3 is 2.50 bits per heavy atom. The van der Waals surface area contributed by atoms with E-state index >= 15 is 0 Å². The standard InChI is InChI=1S/C15H26O/c1-11(2)14-9-8-12(3)6-5-7-13(4)10-15(14)16/h6,10-11,14-16H,5,7-9H2,1-4H3/t14-,15?/m0/s1. The minimum atomic E-state index is -0.258. The number of rotatable bonds is 1. The number of hydrogen-bond donors (Lipinski definition) is 1. The first-order chi connectivity index (χ1) is 7.50. The molecule has 0 radical (unpaired) electrons. The summed E-state index contributed by atoms with van der Waals surface area (Å²) in [7, 11) is 0. The lowest BCUT2D eigenvalue weighted by Crippen LogP contribution is -2.24. The van der Waals surface area contributed by atoms with E-state index in [1.54, 1.807) is 0 Å². The van der Waals surface area contributed by atoms with E-state index in [2.05, 4.69) is 39.8 Å². The molecule has 1 aliphatic carbocycles. The maximum Gasteiger partial charge on any atom is 0.0754 e. The van der Waals surface area contributed by atoms with Crippen LogP contribution in [-0.2, 0) is 0 Å². The van der Waals surface area contributed by atoms with Crippen LogP contribution in [0.1, 0.15) is 53.4 Å². The van der Waals surface area contributed by atoms with Crippen LogP contribution in [0.15, 0.2) is 23.3 Å². The van der Waals surface area contributed by atoms with Crippen molar-refractivity contribution in [2.45, 2.75) is 59.5 Å². The molecule has 1 nitrogen and oxygen atoms in total. The first kappa shape index (κ1) is 13.5. The highest BCUT2D eigenvalue weighted by Crippen LogP contribution is 2.26. The summed E-state index contributed by atoms with van der Waals surface area (Å²) in [6.45, 7) is 8.76. The van der Waals surface area contributed by atoms with Crippen LogP contribution in [0.5, 0.6) is 0 Å². The summed E-state index contributed by atoms with van der Waals surface area (Å²) >= 11 is 0. The molecular formula is C15H26O. The third-order valence-corrected chi connectivity index (χ3v) is 3.65. The van der Waals surface area contributed by atoms with E-state index in [4.69, 9.17) is 0 Å². The van der Waals surface area contributed by atoms with Gasteiger partial charge in [0.25, 0.3) is 0 Å². The molecule has 1 N–H and O–H groups in total. The quantitative estimate of drug-likeness (QED) is 0.663. The van der Waals surface area contributed by atoms with Gasteiger partial charge in [-0.3, -0.25) is 0 Å². The van der Waals surface area contributed by atoms with Crippen molar-refractivity contribution in [3.8, 4) is 0 Å². The molecule has 0 amide bonds. The summed E-state index contributed by atoms with van der Waals surface area (Å²) in [6, 6.07) is 0. The van der Waals surface area contributed by atoms with Gasteiger partial charge in [-0.05, 0) is 51.4 Å². The summed E-state index contributed by atoms with van der Waals surface area (Å²) in [6.07, 6.45) is 8.60. The second kappa shape index (κ2) is 6.24. The van der Waals surface area contributed by atoms with Crippen molar-refractivity contribution in [1.29, 1.82) is 0 Å². The zero-order valence-corrected chi connectivity index (χ0v) is 11.2. The van der Waals surface area contributed by atoms with E-state index in [0.29, 0.717) is 11.8 Å². The van der Waals surface area contributed by atoms with Gasteiger partial charge in [-0.1, -0.05) is 37.1 Å². The largest absolute Gasteiger partial charge is 0.389 e. The van der Waals surface area contributed by atoms with E-state index in [1.165, 1.54) is 11.1 Å². The fourth-order valence-corrected chi connectivity index (χ4v) is 2.44. The van der Waals surface area contributed by atoms with Crippen molar-refractivity contribution in [3.05, 3.63) is 23.3 Å². The molecule has 16 heavy (non-hydrogen) atoms. The van der Waals surface area contributed by atoms with Gasteiger partial charge in [0.15, 0.2) is 0 Å². The summed E-state index contributed by atoms with van der Waals surface area (Å²) < 4.78 is 0. The third kappa shape index (κ3) is 4.13. The van der Waals surface area contributed by atoms with Gasteiger partial charge in [0.05, 0.1) is 6.10 Å². The Labute approximate surface area is 100 Å². The van der Waals surface area contributed by atoms with Crippen LogP contribution in [-0.4, -0.2) is 11.2 Å². The monoisotopic (exact) mass is 222 g/mol. The van der Waals surface area contributed by atoms with Crippen LogP contribution in [0.3, 0.4) is 0 Å². The Balaban J connectivity index is 2.81. The number of hydrogen-bond acceptors (Lipinski definition) is 1. The summed E-state index contributed by atoms with van der Waals surface area (Å²) in [5.74, 6) is 0.947. The summed E-state index contributed by atoms with van der Waals surface area (Å²) in [4.78, 5) is 0. The van der Waals surface area contributed by atoms with Gasteiger partial charge in [0.1, 0.15) is 0 Å². The predicted octanol–water partition coefficient (Wildman–Crippen LogP) is 4.09. The maximum absolute atomic E-state index is 10.2. The van der Waals surface area contributed by atoms with Gasteiger partial charge in [-0.25, -0.2) is 0 Å². The van der Waals surface area contributed by atoms with Crippen molar-refractivity contribution in [3.63, 3.8) is 0 Å². The topological polar surface area (TPSA) is 20.2 Å². The molecule has 0 saturated carbocycles. The molecule has 0 aromatic carbocycles. The fraction of sp³-hybridized carbons (Fsp3) is 0.733. The van der Waals surface area contributed by atoms with Gasteiger partial charge >= 0.3 is 0 Å². The minimum Gasteiger partial charge on any atom is -0.389 e. The molecule has 0 heterocycles. The Kier molecular flexibility index (Phi) is 5.27. The second-order valence-corrected chi connectivity index (χ2v) is 5.54. The van der Waals surface area contributed by atoms with Gasteiger partial charge in [0, 0.05) is 0 Å². The molecule has 0 aromatic rings. The van der Waals surface area contributed by atoms with Crippen LogP contribution >= 0.6 is 0 Å². The highest BCUT2D eigenvalue weighted by atomic mass is 16.3. The average molecular weight is 222 g/mol. The summed E-state index contributed by atoms with van der Waals surface area (Å²) in [5, 5.41) is 10.2. The molecule has 92 valence electrons. The number of aliphatic hydroxyl groups excluding tert-OH is 1. The molecule has 1 aliphatic rings. The Morgan fingerprint density at radius 1 is 1.19 bits per heavy atom. The van der Waals surface area contributed by atoms with Crippen molar-refractivity contribution in [2.75, 3.05) is 0 Å². The van der Waals surface area contributed by atoms with Crippen LogP contribution in [0.4, 0.5) is 0 Å². The van der Waals surface area contributed by atoms with E-state index < -0.39 is 0 Å². The predicted molar refractivity (Wildman–Crippen MR) is 70.3 cm³/mol. The van der Waals surface area contributed by atoms with Crippen LogP contribution in [0, 0.1) is 11.8 Å². The molecule has 0 aliphatic heterocycles. The molecule has 2 atom stereocenters. The number of aliphatic hydroxyl groups is 1. The van der Waals surface area contributed by atoms with Crippen molar-refractivity contribution >= 4 is 0 Å². The molecule has 0 saturated heterocycles. The first-order valence-corrected chi connectivity index (χ1v) is 6.51. The Hall–Kier alpha value is -0.560. The lowest BCUT2D eigenvalue weighted by Gasteiger charge is -2.26. The highest BCUT2D eigenvalue weighted by molar-refractivity contribution is 5.08. The molecule has 0 spiro atoms. The highest BCUT2D eigenvalue weighted by Gasteiger charge is 2.21. The zero-order chi connectivity index (χ0) is 12.1. The fourth-order valence-electron chi connectivity index (χ4n) is 2.44. The van der Waals surface area contributed by atoms with Gasteiger partial charge in [-0.15, -0.1) is 0 Å². The molecular weight excluding hydrogens is 196 g/mol. The van der Waals surface area contributed by atoms with Gasteiger partial charge < -0.3 is 5.11 Å². The normalized spacial score (nSPS) is 28.6. The first-order valence-electron chi connectivity index (χ1n) is 6.51. The number of allylic oxidation sites excluding steroid dienone is 3. The third-order valence-electron chi connectivity index (χ3n) is 3.65. The van der Waals surface area contributed by atoms with Crippen LogP contribution in [0.25, 0.3) is 0 Å². The Morgan fingerprint density at radius 2 is 1.88 bits per heavy atom. The lowest BCUT2D eigenvalue weighted by atomic mass is 9.83. The molecule has 0 bridgehead atoms. The van der Waals surface area contributed by atoms with E-state index in [0.717, 1.165) is 25.7 Å². The van der Waals surface area contributed by atoms with E-state index in [9.17, 15) is 5.11 Å². The molecule has 0 aromatic heterocycles. The van der Waals surface area contributed by atoms with Crippen molar-refractivity contribution < 1.29 is 5.11 Å². The molecule has 1 rings (SSSR count). The SMILES string of the molecule is CC1=CC(O)[C@H](C(C)C)CCC(C)=CCC1. The van der Waals surface area contributed by atoms with Crippen molar-refractivity contribution in [2.24, 2.45) is 11.8 Å². The molecule has 0 fully saturated rings. The Bertz CT molecular complexity index is 273. The van der Waals surface area contributed by atoms with Crippen LogP contribution in [0.2, 0.25) is 0 Å². The van der Waals surface area contributed by atoms with Crippen LogP contribution < -0.4 is 0 Å². The van der Waals surface area contributed by atoms with E-state index in [-0.39, 0.29) is 6.10 Å². The average Bonchev–Trinajstić information content (AvgIpc) is 2.16. The maximum atomic E-state index is 10.2. The molecule has 1 heteroatoms. The molecule has 1 unspecified atom stereocenters. The second-order valence-electron chi connectivity index (χ2n) is 5.54. The lowest BCUT2D eigenvalue weighted by molar-refractivity contribution is 0.115. The minimum absolute atomic E-state index is 0.258. The van der Waals surface area contributed by atoms with Gasteiger partial charge in [0.2, 0.25) is 0 Å². The van der Waals surface area contributed by atoms with Gasteiger partial charge in [-0.2, -0.15) is 0 Å². The zero-order valence-electron chi connectivity index (χ0n) is 11.2. The van der Waals surface area contributed by atoms with Crippen molar-refractivity contribution in [1.82, 2.24) is 0 Å². The smallest absolute Gasteiger partial charge is 0.0754 e. The summed E-state index contributed by atoms with van der Waals surface area (Å²) in [5.41, 5.74) is 2.80. The van der Waals surface area contributed by atoms with E-state index in [1.807, 2.05) is 0 Å².